The number of nitrogens with zero attached hydrogens (tertiary/aromatic N) is 1. The molecule has 0 spiro atoms. The zero-order valence-electron chi connectivity index (χ0n) is 18.4. The monoisotopic (exact) mass is 447 g/mol. The van der Waals surface area contributed by atoms with Gasteiger partial charge in [0.15, 0.2) is 0 Å². The van der Waals surface area contributed by atoms with Crippen molar-refractivity contribution in [1.82, 2.24) is 4.98 Å². The lowest BCUT2D eigenvalue weighted by Crippen LogP contribution is -2.08. The fourth-order valence-electron chi connectivity index (χ4n) is 3.95. The summed E-state index contributed by atoms with van der Waals surface area (Å²) in [5, 5.41) is 0.662. The van der Waals surface area contributed by atoms with Crippen LogP contribution in [-0.2, 0) is 11.3 Å². The van der Waals surface area contributed by atoms with E-state index in [4.69, 9.17) is 21.1 Å². The number of halogens is 1. The van der Waals surface area contributed by atoms with Gasteiger partial charge in [0, 0.05) is 10.6 Å². The Hall–Kier alpha value is -3.11. The predicted molar refractivity (Wildman–Crippen MR) is 128 cm³/mol. The van der Waals surface area contributed by atoms with Crippen LogP contribution >= 0.6 is 11.6 Å². The predicted octanol–water partition coefficient (Wildman–Crippen LogP) is 6.89. The van der Waals surface area contributed by atoms with E-state index in [0.717, 1.165) is 47.4 Å². The number of ether oxygens (including phenoxy) is 2. The van der Waals surface area contributed by atoms with Crippen molar-refractivity contribution < 1.29 is 14.3 Å². The van der Waals surface area contributed by atoms with Gasteiger partial charge in [-0.15, -0.1) is 0 Å². The second kappa shape index (κ2) is 10.0. The molecule has 0 unspecified atom stereocenters. The van der Waals surface area contributed by atoms with Crippen LogP contribution in [0.5, 0.6) is 5.75 Å². The van der Waals surface area contributed by atoms with Gasteiger partial charge in [-0.2, -0.15) is 0 Å². The van der Waals surface area contributed by atoms with E-state index in [1.165, 1.54) is 11.1 Å². The molecule has 0 fully saturated rings. The van der Waals surface area contributed by atoms with Crippen LogP contribution in [-0.4, -0.2) is 17.6 Å². The first kappa shape index (κ1) is 22.1. The molecule has 4 nitrogen and oxygen atoms in total. The first-order valence-corrected chi connectivity index (χ1v) is 11.3. The third kappa shape index (κ3) is 5.03. The van der Waals surface area contributed by atoms with Crippen molar-refractivity contribution >= 4 is 28.7 Å². The Bertz CT molecular complexity index is 1150. The number of carbonyl (C=O) groups is 1. The Morgan fingerprint density at radius 1 is 1.03 bits per heavy atom. The van der Waals surface area contributed by atoms with E-state index in [1.54, 1.807) is 13.0 Å². The first-order chi connectivity index (χ1) is 15.5. The van der Waals surface area contributed by atoms with Crippen molar-refractivity contribution in [3.63, 3.8) is 0 Å². The third-order valence-corrected chi connectivity index (χ3v) is 5.78. The number of hydrogen-bond donors (Lipinski definition) is 0. The molecule has 0 atom stereocenters. The van der Waals surface area contributed by atoms with Crippen molar-refractivity contribution in [2.75, 3.05) is 6.61 Å². The van der Waals surface area contributed by atoms with Crippen LogP contribution in [0.15, 0.2) is 60.7 Å². The van der Waals surface area contributed by atoms with Crippen LogP contribution in [0.25, 0.3) is 11.1 Å². The maximum Gasteiger partial charge on any atom is 0.356 e. The number of benzene rings is 2. The molecule has 0 bridgehead atoms. The highest BCUT2D eigenvalue weighted by Crippen LogP contribution is 2.43. The Kier molecular flexibility index (Phi) is 6.91. The van der Waals surface area contributed by atoms with Crippen LogP contribution in [0, 0.1) is 6.92 Å². The van der Waals surface area contributed by atoms with Gasteiger partial charge in [-0.3, -0.25) is 0 Å². The molecule has 1 heterocycles. The van der Waals surface area contributed by atoms with Crippen LogP contribution in [0.4, 0.5) is 0 Å². The van der Waals surface area contributed by atoms with E-state index in [1.807, 2.05) is 30.3 Å². The van der Waals surface area contributed by atoms with Gasteiger partial charge in [-0.1, -0.05) is 47.5 Å². The average Bonchev–Trinajstić information content (AvgIpc) is 3.29. The summed E-state index contributed by atoms with van der Waals surface area (Å²) >= 11 is 6.37. The topological polar surface area (TPSA) is 48.4 Å². The third-order valence-electron chi connectivity index (χ3n) is 5.54. The highest BCUT2D eigenvalue weighted by Gasteiger charge is 2.22. The molecular formula is C27H26ClNO3. The molecule has 0 saturated heterocycles. The van der Waals surface area contributed by atoms with Crippen molar-refractivity contribution in [3.8, 4) is 5.75 Å². The van der Waals surface area contributed by atoms with Crippen LogP contribution in [0.3, 0.4) is 0 Å². The second-order valence-electron chi connectivity index (χ2n) is 7.85. The summed E-state index contributed by atoms with van der Waals surface area (Å²) in [7, 11) is 0. The molecule has 1 aliphatic rings. The van der Waals surface area contributed by atoms with E-state index in [9.17, 15) is 4.79 Å². The van der Waals surface area contributed by atoms with E-state index in [2.05, 4.69) is 36.2 Å². The highest BCUT2D eigenvalue weighted by atomic mass is 35.5. The summed E-state index contributed by atoms with van der Waals surface area (Å²) in [5.74, 6) is 0.394. The molecule has 32 heavy (non-hydrogen) atoms. The van der Waals surface area contributed by atoms with Gasteiger partial charge in [0.05, 0.1) is 12.3 Å². The van der Waals surface area contributed by atoms with Gasteiger partial charge in [-0.05, 0) is 80.2 Å². The lowest BCUT2D eigenvalue weighted by molar-refractivity contribution is 0.0519. The SMILES string of the molecule is CCOC(=O)c1cccc(C2=C(c3cc(Cl)ccc3OCc3ccc(C)cc3)CCC2)n1. The molecule has 1 aliphatic carbocycles. The van der Waals surface area contributed by atoms with Gasteiger partial charge in [0.25, 0.3) is 0 Å². The molecule has 3 aromatic rings. The van der Waals surface area contributed by atoms with Crippen LogP contribution in [0.1, 0.15) is 59.1 Å². The number of aryl methyl sites for hydroxylation is 1. The summed E-state index contributed by atoms with van der Waals surface area (Å²) in [6.07, 6.45) is 2.81. The number of esters is 1. The molecule has 0 aliphatic heterocycles. The smallest absolute Gasteiger partial charge is 0.356 e. The quantitative estimate of drug-likeness (QED) is 0.370. The molecule has 0 radical (unpaired) electrons. The van der Waals surface area contributed by atoms with Gasteiger partial charge < -0.3 is 9.47 Å². The van der Waals surface area contributed by atoms with E-state index in [-0.39, 0.29) is 0 Å². The lowest BCUT2D eigenvalue weighted by atomic mass is 9.99. The molecule has 1 aromatic heterocycles. The number of carbonyl (C=O) groups excluding carboxylic acids is 1. The number of allylic oxidation sites excluding steroid dienone is 2. The molecule has 164 valence electrons. The van der Waals surface area contributed by atoms with Crippen molar-refractivity contribution in [2.24, 2.45) is 0 Å². The van der Waals surface area contributed by atoms with E-state index in [0.29, 0.717) is 23.9 Å². The minimum absolute atomic E-state index is 0.322. The van der Waals surface area contributed by atoms with Crippen molar-refractivity contribution in [3.05, 3.63) is 93.8 Å². The molecule has 0 saturated carbocycles. The normalized spacial score (nSPS) is 13.3. The zero-order valence-corrected chi connectivity index (χ0v) is 19.1. The molecular weight excluding hydrogens is 422 g/mol. The van der Waals surface area contributed by atoms with Crippen LogP contribution in [0.2, 0.25) is 5.02 Å². The zero-order chi connectivity index (χ0) is 22.5. The summed E-state index contributed by atoms with van der Waals surface area (Å²) in [6, 6.07) is 19.6. The van der Waals surface area contributed by atoms with Crippen molar-refractivity contribution in [2.45, 2.75) is 39.7 Å². The summed E-state index contributed by atoms with van der Waals surface area (Å²) in [5.41, 5.74) is 6.73. The first-order valence-electron chi connectivity index (χ1n) is 10.9. The Morgan fingerprint density at radius 2 is 1.81 bits per heavy atom. The Morgan fingerprint density at radius 3 is 2.59 bits per heavy atom. The van der Waals surface area contributed by atoms with Crippen LogP contribution < -0.4 is 4.74 Å². The Labute approximate surface area is 193 Å². The standard InChI is InChI=1S/C27H26ClNO3/c1-3-31-27(30)25-9-5-8-24(29-25)22-7-4-6-21(22)23-16-20(28)14-15-26(23)32-17-19-12-10-18(2)11-13-19/h5,8-16H,3-4,6-7,17H2,1-2H3. The molecule has 2 aromatic carbocycles. The van der Waals surface area contributed by atoms with E-state index >= 15 is 0 Å². The maximum absolute atomic E-state index is 12.2. The summed E-state index contributed by atoms with van der Waals surface area (Å²) in [6.45, 7) is 4.66. The van der Waals surface area contributed by atoms with Gasteiger partial charge >= 0.3 is 5.97 Å². The van der Waals surface area contributed by atoms with E-state index < -0.39 is 5.97 Å². The van der Waals surface area contributed by atoms with Gasteiger partial charge in [-0.25, -0.2) is 9.78 Å². The van der Waals surface area contributed by atoms with Gasteiger partial charge in [0.1, 0.15) is 18.1 Å². The summed E-state index contributed by atoms with van der Waals surface area (Å²) < 4.78 is 11.3. The highest BCUT2D eigenvalue weighted by molar-refractivity contribution is 6.30. The fourth-order valence-corrected chi connectivity index (χ4v) is 4.13. The molecule has 0 amide bonds. The molecule has 5 heteroatoms. The molecule has 0 N–H and O–H groups in total. The number of pyridine rings is 1. The number of aromatic nitrogens is 1. The minimum atomic E-state index is -0.403. The Balaban J connectivity index is 1.68. The average molecular weight is 448 g/mol. The minimum Gasteiger partial charge on any atom is -0.488 e. The lowest BCUT2D eigenvalue weighted by Gasteiger charge is -2.15. The second-order valence-corrected chi connectivity index (χ2v) is 8.29. The number of hydrogen-bond acceptors (Lipinski definition) is 4. The summed E-state index contributed by atoms with van der Waals surface area (Å²) in [4.78, 5) is 16.8. The molecule has 4 rings (SSSR count). The largest absolute Gasteiger partial charge is 0.488 e. The fraction of sp³-hybridized carbons (Fsp3) is 0.259. The van der Waals surface area contributed by atoms with Crippen molar-refractivity contribution in [1.29, 1.82) is 0 Å². The maximum atomic E-state index is 12.2. The number of rotatable bonds is 7. The van der Waals surface area contributed by atoms with Gasteiger partial charge in [0.2, 0.25) is 0 Å².